The average molecular weight is 468 g/mol. The first-order valence-corrected chi connectivity index (χ1v) is 11.3. The summed E-state index contributed by atoms with van der Waals surface area (Å²) in [6.07, 6.45) is 3.81. The van der Waals surface area contributed by atoms with Crippen LogP contribution in [0.2, 0.25) is 5.15 Å². The van der Waals surface area contributed by atoms with Gasteiger partial charge in [-0.3, -0.25) is 4.79 Å². The number of aromatic nitrogens is 1. The first-order chi connectivity index (χ1) is 15.9. The molecule has 2 aromatic carbocycles. The SMILES string of the molecule is Cc1ccc2nc(Cl)c([C@H]3OC[C@@H](C/C=C\CCC(=O)O)[C@@H](c4ccccc4O)O3)cc2c1. The first kappa shape index (κ1) is 23.2. The van der Waals surface area contributed by atoms with Crippen molar-refractivity contribution >= 4 is 28.5 Å². The van der Waals surface area contributed by atoms with Crippen LogP contribution in [-0.2, 0) is 14.3 Å². The highest BCUT2D eigenvalue weighted by molar-refractivity contribution is 6.30. The fourth-order valence-electron chi connectivity index (χ4n) is 4.04. The summed E-state index contributed by atoms with van der Waals surface area (Å²) in [5, 5.41) is 20.6. The molecule has 3 atom stereocenters. The molecule has 1 saturated heterocycles. The Morgan fingerprint density at radius 3 is 2.79 bits per heavy atom. The summed E-state index contributed by atoms with van der Waals surface area (Å²) in [4.78, 5) is 15.2. The topological polar surface area (TPSA) is 88.9 Å². The van der Waals surface area contributed by atoms with Crippen LogP contribution in [0.15, 0.2) is 60.7 Å². The third kappa shape index (κ3) is 5.53. The highest BCUT2D eigenvalue weighted by Gasteiger charge is 2.35. The number of benzene rings is 2. The molecule has 2 heterocycles. The van der Waals surface area contributed by atoms with E-state index in [2.05, 4.69) is 4.98 Å². The molecule has 1 aliphatic heterocycles. The van der Waals surface area contributed by atoms with Crippen LogP contribution in [0.4, 0.5) is 0 Å². The van der Waals surface area contributed by atoms with Crippen molar-refractivity contribution in [3.05, 3.63) is 82.5 Å². The van der Waals surface area contributed by atoms with Gasteiger partial charge in [0.05, 0.1) is 18.2 Å². The second kappa shape index (κ2) is 10.3. The Labute approximate surface area is 197 Å². The standard InChI is InChI=1S/C26H26ClNO5/c1-16-11-12-21-18(13-16)14-20(25(27)28-21)26-32-15-17(7-3-2-4-10-23(30)31)24(33-26)19-8-5-6-9-22(19)29/h2-3,5-6,8-9,11-14,17,24,26,29H,4,7,10,15H2,1H3,(H,30,31)/b3-2-/t17-,24+,26+/m1/s1. The van der Waals surface area contributed by atoms with E-state index in [-0.39, 0.29) is 18.1 Å². The predicted octanol–water partition coefficient (Wildman–Crippen LogP) is 6.12. The number of fused-ring (bicyclic) bond motifs is 1. The van der Waals surface area contributed by atoms with Gasteiger partial charge in [-0.25, -0.2) is 4.98 Å². The fraction of sp³-hybridized carbons (Fsp3) is 0.308. The largest absolute Gasteiger partial charge is 0.508 e. The number of hydrogen-bond donors (Lipinski definition) is 2. The van der Waals surface area contributed by atoms with Gasteiger partial charge in [-0.1, -0.05) is 53.6 Å². The number of aromatic hydroxyl groups is 1. The maximum atomic E-state index is 10.7. The van der Waals surface area contributed by atoms with Crippen LogP contribution in [0.5, 0.6) is 5.75 Å². The minimum absolute atomic E-state index is 0.0648. The molecule has 0 bridgehead atoms. The van der Waals surface area contributed by atoms with Crippen LogP contribution in [-0.4, -0.2) is 27.8 Å². The van der Waals surface area contributed by atoms with E-state index >= 15 is 0 Å². The molecular weight excluding hydrogens is 442 g/mol. The lowest BCUT2D eigenvalue weighted by Gasteiger charge is -2.37. The molecule has 33 heavy (non-hydrogen) atoms. The summed E-state index contributed by atoms with van der Waals surface area (Å²) in [5.41, 5.74) is 3.23. The monoisotopic (exact) mass is 467 g/mol. The molecule has 172 valence electrons. The minimum atomic E-state index is -0.824. The van der Waals surface area contributed by atoms with Gasteiger partial charge in [0.25, 0.3) is 0 Å². The summed E-state index contributed by atoms with van der Waals surface area (Å²) in [6.45, 7) is 2.40. The number of halogens is 1. The van der Waals surface area contributed by atoms with E-state index in [4.69, 9.17) is 26.2 Å². The lowest BCUT2D eigenvalue weighted by molar-refractivity contribution is -0.244. The van der Waals surface area contributed by atoms with Gasteiger partial charge in [0, 0.05) is 28.9 Å². The minimum Gasteiger partial charge on any atom is -0.508 e. The third-order valence-corrected chi connectivity index (χ3v) is 6.04. The number of nitrogens with zero attached hydrogens (tertiary/aromatic N) is 1. The number of para-hydroxylation sites is 1. The summed E-state index contributed by atoms with van der Waals surface area (Å²) in [6, 6.07) is 15.0. The molecule has 0 spiro atoms. The Bertz CT molecular complexity index is 1180. The lowest BCUT2D eigenvalue weighted by atomic mass is 9.91. The van der Waals surface area contributed by atoms with Crippen LogP contribution >= 0.6 is 11.6 Å². The first-order valence-electron chi connectivity index (χ1n) is 10.9. The van der Waals surface area contributed by atoms with Crippen LogP contribution in [0, 0.1) is 12.8 Å². The van der Waals surface area contributed by atoms with Crippen LogP contribution < -0.4 is 0 Å². The summed E-state index contributed by atoms with van der Waals surface area (Å²) < 4.78 is 12.4. The molecule has 0 aliphatic carbocycles. The maximum Gasteiger partial charge on any atom is 0.303 e. The Hall–Kier alpha value is -2.93. The molecule has 2 N–H and O–H groups in total. The van der Waals surface area contributed by atoms with Gasteiger partial charge in [-0.05, 0) is 44.0 Å². The van der Waals surface area contributed by atoms with Crippen molar-refractivity contribution in [2.24, 2.45) is 5.92 Å². The zero-order valence-corrected chi connectivity index (χ0v) is 19.0. The number of carboxylic acids is 1. The Morgan fingerprint density at radius 2 is 2.00 bits per heavy atom. The average Bonchev–Trinajstić information content (AvgIpc) is 2.79. The number of rotatable bonds is 7. The number of aryl methyl sites for hydroxylation is 1. The number of carboxylic acid groups (broad SMARTS) is 1. The lowest BCUT2D eigenvalue weighted by Crippen LogP contribution is -2.30. The van der Waals surface area contributed by atoms with Gasteiger partial charge in [0.1, 0.15) is 10.9 Å². The van der Waals surface area contributed by atoms with E-state index in [9.17, 15) is 9.90 Å². The molecule has 0 unspecified atom stereocenters. The number of carbonyl (C=O) groups is 1. The van der Waals surface area contributed by atoms with Crippen molar-refractivity contribution in [1.29, 1.82) is 0 Å². The van der Waals surface area contributed by atoms with Crippen LogP contribution in [0.3, 0.4) is 0 Å². The number of pyridine rings is 1. The van der Waals surface area contributed by atoms with Crippen LogP contribution in [0.1, 0.15) is 48.3 Å². The summed E-state index contributed by atoms with van der Waals surface area (Å²) in [7, 11) is 0. The number of ether oxygens (including phenoxy) is 2. The molecule has 7 heteroatoms. The van der Waals surface area contributed by atoms with E-state index in [1.165, 1.54) is 0 Å². The Morgan fingerprint density at radius 1 is 1.18 bits per heavy atom. The van der Waals surface area contributed by atoms with Gasteiger partial charge >= 0.3 is 5.97 Å². The van der Waals surface area contributed by atoms with E-state index < -0.39 is 18.4 Å². The Balaban J connectivity index is 1.60. The van der Waals surface area contributed by atoms with E-state index in [0.717, 1.165) is 16.5 Å². The van der Waals surface area contributed by atoms with Crippen molar-refractivity contribution in [3.8, 4) is 5.75 Å². The molecule has 3 aromatic rings. The quantitative estimate of drug-likeness (QED) is 0.321. The number of phenols is 1. The van der Waals surface area contributed by atoms with Crippen LogP contribution in [0.25, 0.3) is 10.9 Å². The molecule has 0 saturated carbocycles. The zero-order valence-electron chi connectivity index (χ0n) is 18.3. The van der Waals surface area contributed by atoms with Crippen molar-refractivity contribution in [2.75, 3.05) is 6.61 Å². The van der Waals surface area contributed by atoms with Crippen molar-refractivity contribution in [1.82, 2.24) is 4.98 Å². The second-order valence-electron chi connectivity index (χ2n) is 8.24. The van der Waals surface area contributed by atoms with E-state index in [0.29, 0.717) is 35.7 Å². The van der Waals surface area contributed by atoms with E-state index in [1.54, 1.807) is 12.1 Å². The molecule has 1 aliphatic rings. The molecule has 0 radical (unpaired) electrons. The Kier molecular flexibility index (Phi) is 7.28. The molecular formula is C26H26ClNO5. The number of phenolic OH excluding ortho intramolecular Hbond substituents is 1. The summed E-state index contributed by atoms with van der Waals surface area (Å²) in [5.74, 6) is -0.735. The van der Waals surface area contributed by atoms with Gasteiger partial charge in [0.2, 0.25) is 0 Å². The highest BCUT2D eigenvalue weighted by Crippen LogP contribution is 2.44. The highest BCUT2D eigenvalue weighted by atomic mass is 35.5. The normalized spacial score (nSPS) is 21.0. The molecule has 6 nitrogen and oxygen atoms in total. The summed E-state index contributed by atoms with van der Waals surface area (Å²) >= 11 is 6.50. The maximum absolute atomic E-state index is 10.7. The second-order valence-corrected chi connectivity index (χ2v) is 8.60. The van der Waals surface area contributed by atoms with Crippen molar-refractivity contribution in [2.45, 2.75) is 38.6 Å². The predicted molar refractivity (Wildman–Crippen MR) is 126 cm³/mol. The van der Waals surface area contributed by atoms with Gasteiger partial charge in [-0.2, -0.15) is 0 Å². The van der Waals surface area contributed by atoms with Gasteiger partial charge in [0.15, 0.2) is 6.29 Å². The fourth-order valence-corrected chi connectivity index (χ4v) is 4.28. The van der Waals surface area contributed by atoms with Crippen molar-refractivity contribution < 1.29 is 24.5 Å². The molecule has 1 aromatic heterocycles. The third-order valence-electron chi connectivity index (χ3n) is 5.74. The molecule has 4 rings (SSSR count). The van der Waals surface area contributed by atoms with Crippen molar-refractivity contribution in [3.63, 3.8) is 0 Å². The zero-order chi connectivity index (χ0) is 23.4. The molecule has 1 fully saturated rings. The van der Waals surface area contributed by atoms with E-state index in [1.807, 2.05) is 55.5 Å². The number of aliphatic carboxylic acids is 1. The van der Waals surface area contributed by atoms with Gasteiger partial charge in [-0.15, -0.1) is 0 Å². The smallest absolute Gasteiger partial charge is 0.303 e. The number of hydrogen-bond acceptors (Lipinski definition) is 5. The molecule has 0 amide bonds. The van der Waals surface area contributed by atoms with Gasteiger partial charge < -0.3 is 19.7 Å². The number of allylic oxidation sites excluding steroid dienone is 2.